The number of nitrogens with one attached hydrogen (secondary N) is 1. The van der Waals surface area contributed by atoms with E-state index in [0.717, 1.165) is 23.7 Å². The Morgan fingerprint density at radius 2 is 1.82 bits per heavy atom. The lowest BCUT2D eigenvalue weighted by atomic mass is 10.0. The fraction of sp³-hybridized carbons (Fsp3) is 0.167. The lowest BCUT2D eigenvalue weighted by molar-refractivity contribution is 0.0940. The number of hydrogen-bond acceptors (Lipinski definition) is 3. The largest absolute Gasteiger partial charge is 0.463 e. The van der Waals surface area contributed by atoms with E-state index in [9.17, 15) is 4.79 Å². The lowest BCUT2D eigenvalue weighted by Gasteiger charge is -2.15. The van der Waals surface area contributed by atoms with E-state index >= 15 is 0 Å². The summed E-state index contributed by atoms with van der Waals surface area (Å²) >= 11 is 0. The number of carbonyl (C=O) groups is 1. The van der Waals surface area contributed by atoms with Crippen LogP contribution in [0, 0.1) is 0 Å². The molecule has 0 saturated carbocycles. The van der Waals surface area contributed by atoms with Crippen LogP contribution >= 0.6 is 0 Å². The van der Waals surface area contributed by atoms with E-state index in [2.05, 4.69) is 22.4 Å². The minimum atomic E-state index is -0.0908. The normalized spacial score (nSPS) is 12.0. The van der Waals surface area contributed by atoms with Crippen molar-refractivity contribution in [3.05, 3.63) is 90.2 Å². The predicted molar refractivity (Wildman–Crippen MR) is 111 cm³/mol. The molecule has 0 aliphatic rings. The average Bonchev–Trinajstić information content (AvgIpc) is 3.27. The fourth-order valence-corrected chi connectivity index (χ4v) is 3.32. The maximum absolute atomic E-state index is 13.0. The molecule has 2 aromatic carbocycles. The third-order valence-electron chi connectivity index (χ3n) is 4.82. The van der Waals surface area contributed by atoms with Crippen molar-refractivity contribution in [2.75, 3.05) is 0 Å². The first-order valence-corrected chi connectivity index (χ1v) is 9.49. The van der Waals surface area contributed by atoms with Crippen LogP contribution in [0.4, 0.5) is 0 Å². The van der Waals surface area contributed by atoms with Crippen molar-refractivity contribution in [1.29, 1.82) is 0 Å². The summed E-state index contributed by atoms with van der Waals surface area (Å²) in [7, 11) is 0. The monoisotopic (exact) mass is 370 g/mol. The predicted octanol–water partition coefficient (Wildman–Crippen LogP) is 5.25. The third kappa shape index (κ3) is 3.96. The van der Waals surface area contributed by atoms with Crippen LogP contribution in [0.5, 0.6) is 0 Å². The zero-order valence-electron chi connectivity index (χ0n) is 15.8. The fourth-order valence-electron chi connectivity index (χ4n) is 3.32. The standard InChI is InChI=1S/C24H22N2O2/c1-17(13-14-18-8-3-2-4-9-18)25-24(27)20-16-22(23-12-7-15-28-23)26-21-11-6-5-10-19(20)21/h2-12,15-17H,13-14H2,1H3,(H,25,27). The highest BCUT2D eigenvalue weighted by atomic mass is 16.3. The van der Waals surface area contributed by atoms with Crippen LogP contribution in [0.3, 0.4) is 0 Å². The van der Waals surface area contributed by atoms with Gasteiger partial charge in [0.15, 0.2) is 5.76 Å². The molecule has 1 atom stereocenters. The molecule has 1 N–H and O–H groups in total. The van der Waals surface area contributed by atoms with Crippen LogP contribution in [0.15, 0.2) is 83.5 Å². The molecule has 0 aliphatic carbocycles. The highest BCUT2D eigenvalue weighted by molar-refractivity contribution is 6.07. The van der Waals surface area contributed by atoms with Crippen molar-refractivity contribution in [2.24, 2.45) is 0 Å². The SMILES string of the molecule is CC(CCc1ccccc1)NC(=O)c1cc(-c2ccco2)nc2ccccc12. The zero-order valence-corrected chi connectivity index (χ0v) is 15.8. The second-order valence-electron chi connectivity index (χ2n) is 6.95. The zero-order chi connectivity index (χ0) is 19.3. The Balaban J connectivity index is 1.56. The summed E-state index contributed by atoms with van der Waals surface area (Å²) in [5.41, 5.74) is 3.32. The van der Waals surface area contributed by atoms with E-state index in [-0.39, 0.29) is 11.9 Å². The van der Waals surface area contributed by atoms with Gasteiger partial charge in [0.25, 0.3) is 5.91 Å². The molecule has 0 saturated heterocycles. The Morgan fingerprint density at radius 3 is 2.61 bits per heavy atom. The van der Waals surface area contributed by atoms with E-state index in [1.165, 1.54) is 5.56 Å². The number of pyridine rings is 1. The van der Waals surface area contributed by atoms with Gasteiger partial charge in [-0.25, -0.2) is 4.98 Å². The number of benzene rings is 2. The van der Waals surface area contributed by atoms with Crippen molar-refractivity contribution in [3.8, 4) is 11.5 Å². The molecule has 140 valence electrons. The topological polar surface area (TPSA) is 55.1 Å². The molecule has 0 fully saturated rings. The number of hydrogen-bond donors (Lipinski definition) is 1. The van der Waals surface area contributed by atoms with Gasteiger partial charge in [0.1, 0.15) is 5.69 Å². The molecule has 0 spiro atoms. The second kappa shape index (κ2) is 8.09. The number of carbonyl (C=O) groups excluding carboxylic acids is 1. The maximum atomic E-state index is 13.0. The molecule has 28 heavy (non-hydrogen) atoms. The van der Waals surface area contributed by atoms with Gasteiger partial charge in [0.2, 0.25) is 0 Å². The Bertz CT molecular complexity index is 1070. The summed E-state index contributed by atoms with van der Waals surface area (Å²) in [5, 5.41) is 3.97. The molecule has 0 aliphatic heterocycles. The Labute approximate surface area is 164 Å². The number of rotatable bonds is 6. The quantitative estimate of drug-likeness (QED) is 0.504. The lowest BCUT2D eigenvalue weighted by Crippen LogP contribution is -2.33. The first-order valence-electron chi connectivity index (χ1n) is 9.49. The molecule has 1 amide bonds. The highest BCUT2D eigenvalue weighted by Crippen LogP contribution is 2.25. The summed E-state index contributed by atoms with van der Waals surface area (Å²) in [6, 6.07) is 23.5. The van der Waals surface area contributed by atoms with Crippen LogP contribution < -0.4 is 5.32 Å². The van der Waals surface area contributed by atoms with Crippen molar-refractivity contribution in [3.63, 3.8) is 0 Å². The molecule has 4 nitrogen and oxygen atoms in total. The second-order valence-corrected chi connectivity index (χ2v) is 6.95. The summed E-state index contributed by atoms with van der Waals surface area (Å²) in [6.45, 7) is 2.04. The van der Waals surface area contributed by atoms with Crippen molar-refractivity contribution < 1.29 is 9.21 Å². The smallest absolute Gasteiger partial charge is 0.252 e. The Kier molecular flexibility index (Phi) is 5.20. The van der Waals surface area contributed by atoms with Crippen LogP contribution in [-0.2, 0) is 6.42 Å². The van der Waals surface area contributed by atoms with Crippen LogP contribution in [-0.4, -0.2) is 16.9 Å². The number of amides is 1. The van der Waals surface area contributed by atoms with Crippen molar-refractivity contribution >= 4 is 16.8 Å². The summed E-state index contributed by atoms with van der Waals surface area (Å²) in [4.78, 5) is 17.7. The average molecular weight is 370 g/mol. The minimum absolute atomic E-state index is 0.0618. The van der Waals surface area contributed by atoms with Crippen LogP contribution in [0.2, 0.25) is 0 Å². The molecule has 4 rings (SSSR count). The molecule has 4 heteroatoms. The van der Waals surface area contributed by atoms with Gasteiger partial charge in [-0.1, -0.05) is 48.5 Å². The first kappa shape index (κ1) is 18.0. The van der Waals surface area contributed by atoms with Gasteiger partial charge >= 0.3 is 0 Å². The van der Waals surface area contributed by atoms with Crippen LogP contribution in [0.25, 0.3) is 22.4 Å². The number of aryl methyl sites for hydroxylation is 1. The van der Waals surface area contributed by atoms with Gasteiger partial charge in [-0.15, -0.1) is 0 Å². The van der Waals surface area contributed by atoms with Gasteiger partial charge in [-0.3, -0.25) is 4.79 Å². The van der Waals surface area contributed by atoms with E-state index < -0.39 is 0 Å². The van der Waals surface area contributed by atoms with Crippen molar-refractivity contribution in [2.45, 2.75) is 25.8 Å². The number of nitrogens with zero attached hydrogens (tertiary/aromatic N) is 1. The van der Waals surface area contributed by atoms with Gasteiger partial charge in [-0.05, 0) is 49.6 Å². The van der Waals surface area contributed by atoms with E-state index in [1.807, 2.05) is 61.5 Å². The number of para-hydroxylation sites is 1. The van der Waals surface area contributed by atoms with Crippen LogP contribution in [0.1, 0.15) is 29.3 Å². The van der Waals surface area contributed by atoms with Gasteiger partial charge in [0.05, 0.1) is 17.3 Å². The maximum Gasteiger partial charge on any atom is 0.252 e. The summed E-state index contributed by atoms with van der Waals surface area (Å²) in [5.74, 6) is 0.559. The molecule has 2 heterocycles. The third-order valence-corrected chi connectivity index (χ3v) is 4.82. The number of aromatic nitrogens is 1. The van der Waals surface area contributed by atoms with E-state index in [4.69, 9.17) is 4.42 Å². The minimum Gasteiger partial charge on any atom is -0.463 e. The van der Waals surface area contributed by atoms with Gasteiger partial charge < -0.3 is 9.73 Å². The molecular formula is C24H22N2O2. The molecule has 0 bridgehead atoms. The van der Waals surface area contributed by atoms with Gasteiger partial charge in [-0.2, -0.15) is 0 Å². The summed E-state index contributed by atoms with van der Waals surface area (Å²) < 4.78 is 5.48. The first-order chi connectivity index (χ1) is 13.7. The highest BCUT2D eigenvalue weighted by Gasteiger charge is 2.16. The molecule has 0 radical (unpaired) electrons. The Morgan fingerprint density at radius 1 is 1.04 bits per heavy atom. The molecule has 4 aromatic rings. The van der Waals surface area contributed by atoms with Gasteiger partial charge in [0, 0.05) is 11.4 Å². The van der Waals surface area contributed by atoms with Crippen molar-refractivity contribution in [1.82, 2.24) is 10.3 Å². The number of furan rings is 1. The number of fused-ring (bicyclic) bond motifs is 1. The summed E-state index contributed by atoms with van der Waals surface area (Å²) in [6.07, 6.45) is 3.42. The molecule has 1 unspecified atom stereocenters. The molecular weight excluding hydrogens is 348 g/mol. The van der Waals surface area contributed by atoms with E-state index in [0.29, 0.717) is 17.0 Å². The molecule has 2 aromatic heterocycles. The van der Waals surface area contributed by atoms with E-state index in [1.54, 1.807) is 12.3 Å². The Hall–Kier alpha value is -3.40.